The van der Waals surface area contributed by atoms with Crippen molar-refractivity contribution < 1.29 is 19.5 Å². The maximum atomic E-state index is 11.0. The van der Waals surface area contributed by atoms with Crippen LogP contribution in [0.3, 0.4) is 0 Å². The molecule has 9 heteroatoms. The number of nitrogens with one attached hydrogen (secondary N) is 1. The van der Waals surface area contributed by atoms with Gasteiger partial charge in [0, 0.05) is 29.3 Å². The van der Waals surface area contributed by atoms with Gasteiger partial charge in [-0.25, -0.2) is 0 Å². The van der Waals surface area contributed by atoms with E-state index in [-0.39, 0.29) is 17.5 Å². The normalized spacial score (nSPS) is 21.7. The van der Waals surface area contributed by atoms with Crippen molar-refractivity contribution in [3.05, 3.63) is 33.9 Å². The Kier molecular flexibility index (Phi) is 7.96. The number of nitro benzene ring substituents is 1. The Balaban J connectivity index is 2.06. The number of rotatable bonds is 2. The molecule has 128 valence electrons. The minimum absolute atomic E-state index is 0.280. The summed E-state index contributed by atoms with van der Waals surface area (Å²) in [6.07, 6.45) is -0.280. The monoisotopic (exact) mass is 360 g/mol. The van der Waals surface area contributed by atoms with Crippen LogP contribution in [0.25, 0.3) is 0 Å². The molecular weight excluding hydrogens is 340 g/mol. The smallest absolute Gasteiger partial charge is 0.311 e. The Morgan fingerprint density at radius 3 is 2.91 bits per heavy atom. The molecule has 1 fully saturated rings. The molecule has 1 aliphatic rings. The summed E-state index contributed by atoms with van der Waals surface area (Å²) in [4.78, 5) is 10.4. The molecule has 0 bridgehead atoms. The lowest BCUT2D eigenvalue weighted by molar-refractivity contribution is -0.386. The third-order valence-corrected chi connectivity index (χ3v) is 4.97. The van der Waals surface area contributed by atoms with Gasteiger partial charge in [0.2, 0.25) is 0 Å². The topological polar surface area (TPSA) is 93.9 Å². The molecular formula is C14H20N2O5S2. The molecule has 23 heavy (non-hydrogen) atoms. The largest absolute Gasteiger partial charge is 0.502 e. The molecule has 1 aromatic rings. The van der Waals surface area contributed by atoms with Crippen LogP contribution in [-0.4, -0.2) is 53.1 Å². The van der Waals surface area contributed by atoms with Gasteiger partial charge < -0.3 is 14.6 Å². The van der Waals surface area contributed by atoms with Crippen LogP contribution in [0, 0.1) is 10.1 Å². The minimum atomic E-state index is -0.590. The number of aromatic hydroxyl groups is 1. The van der Waals surface area contributed by atoms with Crippen LogP contribution in [0.15, 0.2) is 18.2 Å². The fourth-order valence-corrected chi connectivity index (χ4v) is 3.64. The predicted octanol–water partition coefficient (Wildman–Crippen LogP) is 2.36. The van der Waals surface area contributed by atoms with Crippen LogP contribution in [0.4, 0.5) is 5.69 Å². The van der Waals surface area contributed by atoms with E-state index in [0.29, 0.717) is 31.1 Å². The van der Waals surface area contributed by atoms with E-state index in [2.05, 4.69) is 5.32 Å². The summed E-state index contributed by atoms with van der Waals surface area (Å²) in [6.45, 7) is 1.60. The Bertz CT molecular complexity index is 504. The molecule has 1 saturated heterocycles. The number of benzene rings is 1. The number of thioether (sulfide) groups is 2. The predicted molar refractivity (Wildman–Crippen MR) is 92.1 cm³/mol. The average molecular weight is 360 g/mol. The van der Waals surface area contributed by atoms with E-state index in [1.807, 2.05) is 0 Å². The van der Waals surface area contributed by atoms with Crippen LogP contribution >= 0.6 is 23.5 Å². The SMILES string of the molecule is O=[N+]([O-])c1cc(C2CSCNCSCCOCCO2)ccc1O. The van der Waals surface area contributed by atoms with Crippen molar-refractivity contribution in [2.75, 3.05) is 43.1 Å². The number of nitro groups is 1. The highest BCUT2D eigenvalue weighted by Gasteiger charge is 2.19. The van der Waals surface area contributed by atoms with Crippen LogP contribution < -0.4 is 5.32 Å². The van der Waals surface area contributed by atoms with Gasteiger partial charge in [-0.1, -0.05) is 6.07 Å². The van der Waals surface area contributed by atoms with Gasteiger partial charge in [0.15, 0.2) is 5.75 Å². The van der Waals surface area contributed by atoms with Gasteiger partial charge in [-0.3, -0.25) is 15.4 Å². The molecule has 1 unspecified atom stereocenters. The van der Waals surface area contributed by atoms with Gasteiger partial charge >= 0.3 is 5.69 Å². The summed E-state index contributed by atoms with van der Waals surface area (Å²) in [7, 11) is 0. The summed E-state index contributed by atoms with van der Waals surface area (Å²) in [5.41, 5.74) is 0.385. The van der Waals surface area contributed by atoms with E-state index in [1.165, 1.54) is 12.1 Å². The summed E-state index contributed by atoms with van der Waals surface area (Å²) >= 11 is 3.46. The molecule has 0 aliphatic carbocycles. The van der Waals surface area contributed by atoms with Crippen molar-refractivity contribution in [2.45, 2.75) is 6.10 Å². The highest BCUT2D eigenvalue weighted by molar-refractivity contribution is 8.00. The second kappa shape index (κ2) is 9.99. The van der Waals surface area contributed by atoms with Gasteiger partial charge in [-0.15, -0.1) is 23.5 Å². The summed E-state index contributed by atoms with van der Waals surface area (Å²) in [5.74, 6) is 2.92. The summed E-state index contributed by atoms with van der Waals surface area (Å²) in [6, 6.07) is 4.38. The maximum Gasteiger partial charge on any atom is 0.311 e. The third kappa shape index (κ3) is 6.19. The molecule has 1 aliphatic heterocycles. The lowest BCUT2D eigenvalue weighted by Crippen LogP contribution is -2.15. The first kappa shape index (κ1) is 18.3. The van der Waals surface area contributed by atoms with Gasteiger partial charge in [0.25, 0.3) is 0 Å². The second-order valence-corrected chi connectivity index (χ2v) is 6.93. The second-order valence-electron chi connectivity index (χ2n) is 4.79. The Labute approximate surface area is 143 Å². The van der Waals surface area contributed by atoms with E-state index in [0.717, 1.165) is 17.5 Å². The first-order valence-corrected chi connectivity index (χ1v) is 9.52. The number of hydrogen-bond donors (Lipinski definition) is 2. The van der Waals surface area contributed by atoms with E-state index in [1.54, 1.807) is 29.6 Å². The molecule has 1 aromatic carbocycles. The molecule has 7 nitrogen and oxygen atoms in total. The van der Waals surface area contributed by atoms with E-state index in [4.69, 9.17) is 9.47 Å². The van der Waals surface area contributed by atoms with Crippen molar-refractivity contribution in [1.82, 2.24) is 5.32 Å². The number of hydrogen-bond acceptors (Lipinski definition) is 8. The Hall–Kier alpha value is -1.00. The van der Waals surface area contributed by atoms with E-state index in [9.17, 15) is 15.2 Å². The van der Waals surface area contributed by atoms with Crippen molar-refractivity contribution in [3.63, 3.8) is 0 Å². The first-order valence-electron chi connectivity index (χ1n) is 7.21. The number of ether oxygens (including phenoxy) is 2. The molecule has 1 heterocycles. The van der Waals surface area contributed by atoms with Crippen LogP contribution in [0.1, 0.15) is 11.7 Å². The summed E-state index contributed by atoms with van der Waals surface area (Å²) < 4.78 is 11.3. The maximum absolute atomic E-state index is 11.0. The lowest BCUT2D eigenvalue weighted by Gasteiger charge is -2.18. The van der Waals surface area contributed by atoms with Crippen molar-refractivity contribution in [3.8, 4) is 5.75 Å². The zero-order valence-corrected chi connectivity index (χ0v) is 14.2. The third-order valence-electron chi connectivity index (χ3n) is 3.16. The fourth-order valence-electron chi connectivity index (χ4n) is 2.02. The van der Waals surface area contributed by atoms with Gasteiger partial charge in [0.05, 0.1) is 30.8 Å². The number of phenolic OH excluding ortho intramolecular Hbond substituents is 1. The van der Waals surface area contributed by atoms with Gasteiger partial charge in [-0.2, -0.15) is 0 Å². The number of nitrogens with zero attached hydrogens (tertiary/aromatic N) is 1. The lowest BCUT2D eigenvalue weighted by atomic mass is 10.1. The quantitative estimate of drug-likeness (QED) is 0.613. The highest BCUT2D eigenvalue weighted by atomic mass is 32.2. The Morgan fingerprint density at radius 1 is 1.26 bits per heavy atom. The van der Waals surface area contributed by atoms with E-state index >= 15 is 0 Å². The summed E-state index contributed by atoms with van der Waals surface area (Å²) in [5, 5.41) is 23.8. The van der Waals surface area contributed by atoms with Crippen LogP contribution in [0.5, 0.6) is 5.75 Å². The average Bonchev–Trinajstić information content (AvgIpc) is 2.56. The zero-order chi connectivity index (χ0) is 16.5. The van der Waals surface area contributed by atoms with Crippen molar-refractivity contribution in [1.29, 1.82) is 0 Å². The molecule has 0 radical (unpaired) electrons. The molecule has 1 atom stereocenters. The van der Waals surface area contributed by atoms with Crippen LogP contribution in [-0.2, 0) is 9.47 Å². The Morgan fingerprint density at radius 2 is 2.09 bits per heavy atom. The zero-order valence-electron chi connectivity index (χ0n) is 12.6. The van der Waals surface area contributed by atoms with E-state index < -0.39 is 4.92 Å². The van der Waals surface area contributed by atoms with Gasteiger partial charge in [-0.05, 0) is 11.6 Å². The molecule has 2 N–H and O–H groups in total. The molecule has 2 rings (SSSR count). The molecule has 0 spiro atoms. The molecule has 0 amide bonds. The number of phenols is 1. The van der Waals surface area contributed by atoms with Crippen LogP contribution in [0.2, 0.25) is 0 Å². The molecule has 0 saturated carbocycles. The highest BCUT2D eigenvalue weighted by Crippen LogP contribution is 2.31. The van der Waals surface area contributed by atoms with Crippen molar-refractivity contribution in [2.24, 2.45) is 0 Å². The van der Waals surface area contributed by atoms with Crippen molar-refractivity contribution >= 4 is 29.2 Å². The first-order chi connectivity index (χ1) is 11.2. The van der Waals surface area contributed by atoms with Gasteiger partial charge in [0.1, 0.15) is 0 Å². The minimum Gasteiger partial charge on any atom is -0.502 e. The standard InChI is InChI=1S/C14H20N2O5S2/c17-13-2-1-11(7-12(13)16(18)19)14-8-23-10-15-9-22-6-5-20-3-4-21-14/h1-2,7,14-15,17H,3-6,8-10H2. The fraction of sp³-hybridized carbons (Fsp3) is 0.571. The molecule has 0 aromatic heterocycles.